The highest BCUT2D eigenvalue weighted by Gasteiger charge is 2.29. The van der Waals surface area contributed by atoms with Gasteiger partial charge in [0.25, 0.3) is 0 Å². The Labute approximate surface area is 95.2 Å². The largest absolute Gasteiger partial charge is 0.323 e. The van der Waals surface area contributed by atoms with Crippen molar-refractivity contribution in [1.82, 2.24) is 15.1 Å². The van der Waals surface area contributed by atoms with Gasteiger partial charge in [-0.25, -0.2) is 0 Å². The Morgan fingerprint density at radius 2 is 2.38 bits per heavy atom. The van der Waals surface area contributed by atoms with Gasteiger partial charge in [-0.05, 0) is 19.4 Å². The smallest absolute Gasteiger partial charge is 0.229 e. The number of hydrogen-bond acceptors (Lipinski definition) is 3. The van der Waals surface area contributed by atoms with Crippen LogP contribution in [-0.2, 0) is 11.8 Å². The lowest BCUT2D eigenvalue weighted by molar-refractivity contribution is -0.120. The molecule has 0 spiro atoms. The van der Waals surface area contributed by atoms with Gasteiger partial charge in [-0.3, -0.25) is 9.48 Å². The van der Waals surface area contributed by atoms with Gasteiger partial charge in [-0.15, -0.1) is 0 Å². The average Bonchev–Trinajstić information content (AvgIpc) is 2.74. The lowest BCUT2D eigenvalue weighted by Gasteiger charge is -2.13. The van der Waals surface area contributed by atoms with Crippen molar-refractivity contribution in [3.63, 3.8) is 0 Å². The number of nitrogens with zero attached hydrogens (tertiary/aromatic N) is 2. The van der Waals surface area contributed by atoms with Crippen LogP contribution in [0.4, 0.5) is 5.69 Å². The van der Waals surface area contributed by atoms with E-state index in [-0.39, 0.29) is 11.8 Å². The predicted octanol–water partition coefficient (Wildman–Crippen LogP) is 0.523. The number of anilines is 1. The number of aromatic nitrogens is 2. The highest BCUT2D eigenvalue weighted by molar-refractivity contribution is 5.93. The van der Waals surface area contributed by atoms with E-state index in [1.54, 1.807) is 4.68 Å². The second kappa shape index (κ2) is 4.25. The van der Waals surface area contributed by atoms with E-state index in [1.165, 1.54) is 0 Å². The minimum atomic E-state index is 0.0691. The van der Waals surface area contributed by atoms with Gasteiger partial charge in [0.15, 0.2) is 0 Å². The normalized spacial score (nSPS) is 24.7. The van der Waals surface area contributed by atoms with Crippen molar-refractivity contribution >= 4 is 11.6 Å². The molecule has 0 saturated carbocycles. The molecule has 5 nitrogen and oxygen atoms in total. The van der Waals surface area contributed by atoms with Crippen LogP contribution in [0.2, 0.25) is 0 Å². The van der Waals surface area contributed by atoms with E-state index in [4.69, 9.17) is 0 Å². The van der Waals surface area contributed by atoms with Gasteiger partial charge < -0.3 is 10.6 Å². The Morgan fingerprint density at radius 1 is 1.62 bits per heavy atom. The van der Waals surface area contributed by atoms with E-state index in [2.05, 4.69) is 22.7 Å². The molecule has 1 fully saturated rings. The zero-order valence-corrected chi connectivity index (χ0v) is 9.95. The molecule has 2 N–H and O–H groups in total. The standard InChI is InChI=1S/C11H18N4O/c1-7-4-12-5-9(7)11(16)13-10-6-15(3)14-8(10)2/h6-7,9,12H,4-5H2,1-3H3,(H,13,16). The molecule has 5 heteroatoms. The number of carbonyl (C=O) groups is 1. The quantitative estimate of drug-likeness (QED) is 0.767. The number of amides is 1. The summed E-state index contributed by atoms with van der Waals surface area (Å²) >= 11 is 0. The van der Waals surface area contributed by atoms with Crippen molar-refractivity contribution in [2.45, 2.75) is 13.8 Å². The zero-order chi connectivity index (χ0) is 11.7. The summed E-state index contributed by atoms with van der Waals surface area (Å²) < 4.78 is 1.71. The Kier molecular flexibility index (Phi) is 2.96. The zero-order valence-electron chi connectivity index (χ0n) is 9.95. The molecule has 2 unspecified atom stereocenters. The minimum absolute atomic E-state index is 0.0691. The summed E-state index contributed by atoms with van der Waals surface area (Å²) in [6.45, 7) is 5.68. The number of aryl methyl sites for hydroxylation is 2. The van der Waals surface area contributed by atoms with Crippen molar-refractivity contribution < 1.29 is 4.79 Å². The summed E-state index contributed by atoms with van der Waals surface area (Å²) in [6.07, 6.45) is 1.83. The molecule has 0 aliphatic carbocycles. The topological polar surface area (TPSA) is 59.0 Å². The van der Waals surface area contributed by atoms with Gasteiger partial charge in [-0.1, -0.05) is 6.92 Å². The first-order valence-corrected chi connectivity index (χ1v) is 5.59. The summed E-state index contributed by atoms with van der Waals surface area (Å²) in [7, 11) is 1.85. The van der Waals surface area contributed by atoms with Crippen LogP contribution in [0.25, 0.3) is 0 Å². The molecule has 2 heterocycles. The van der Waals surface area contributed by atoms with E-state index in [0.717, 1.165) is 24.5 Å². The van der Waals surface area contributed by atoms with E-state index in [1.807, 2.05) is 20.2 Å². The Balaban J connectivity index is 2.04. The van der Waals surface area contributed by atoms with Crippen molar-refractivity contribution in [3.8, 4) is 0 Å². The SMILES string of the molecule is Cc1nn(C)cc1NC(=O)C1CNCC1C. The van der Waals surface area contributed by atoms with Crippen molar-refractivity contribution in [1.29, 1.82) is 0 Å². The van der Waals surface area contributed by atoms with Gasteiger partial charge in [-0.2, -0.15) is 5.10 Å². The monoisotopic (exact) mass is 222 g/mol. The number of nitrogens with one attached hydrogen (secondary N) is 2. The molecular weight excluding hydrogens is 204 g/mol. The average molecular weight is 222 g/mol. The third-order valence-electron chi connectivity index (χ3n) is 3.13. The van der Waals surface area contributed by atoms with Crippen molar-refractivity contribution in [2.24, 2.45) is 18.9 Å². The summed E-state index contributed by atoms with van der Waals surface area (Å²) in [5.41, 5.74) is 1.67. The lowest BCUT2D eigenvalue weighted by atomic mass is 9.97. The summed E-state index contributed by atoms with van der Waals surface area (Å²) in [5, 5.41) is 10.4. The molecule has 1 saturated heterocycles. The maximum absolute atomic E-state index is 12.0. The van der Waals surface area contributed by atoms with Crippen LogP contribution in [0.5, 0.6) is 0 Å². The molecule has 1 aromatic heterocycles. The van der Waals surface area contributed by atoms with Gasteiger partial charge in [0, 0.05) is 19.8 Å². The maximum Gasteiger partial charge on any atom is 0.229 e. The molecule has 2 rings (SSSR count). The third kappa shape index (κ3) is 2.09. The minimum Gasteiger partial charge on any atom is -0.323 e. The van der Waals surface area contributed by atoms with Crippen LogP contribution >= 0.6 is 0 Å². The predicted molar refractivity (Wildman–Crippen MR) is 62.1 cm³/mol. The summed E-state index contributed by atoms with van der Waals surface area (Å²) in [4.78, 5) is 12.0. The first-order chi connectivity index (χ1) is 7.58. The van der Waals surface area contributed by atoms with Crippen molar-refractivity contribution in [3.05, 3.63) is 11.9 Å². The number of carbonyl (C=O) groups excluding carboxylic acids is 1. The van der Waals surface area contributed by atoms with Gasteiger partial charge >= 0.3 is 0 Å². The Morgan fingerprint density at radius 3 is 2.88 bits per heavy atom. The van der Waals surface area contributed by atoms with Gasteiger partial charge in [0.05, 0.1) is 17.3 Å². The van der Waals surface area contributed by atoms with E-state index >= 15 is 0 Å². The van der Waals surface area contributed by atoms with Crippen LogP contribution in [0, 0.1) is 18.8 Å². The molecule has 2 atom stereocenters. The second-order valence-electron chi connectivity index (χ2n) is 4.53. The van der Waals surface area contributed by atoms with Crippen LogP contribution in [0.15, 0.2) is 6.20 Å². The fraction of sp³-hybridized carbons (Fsp3) is 0.636. The summed E-state index contributed by atoms with van der Waals surface area (Å²) in [5.74, 6) is 0.560. The van der Waals surface area contributed by atoms with Crippen LogP contribution in [0.3, 0.4) is 0 Å². The van der Waals surface area contributed by atoms with Crippen LogP contribution in [0.1, 0.15) is 12.6 Å². The lowest BCUT2D eigenvalue weighted by Crippen LogP contribution is -2.27. The number of hydrogen-bond donors (Lipinski definition) is 2. The van der Waals surface area contributed by atoms with Crippen molar-refractivity contribution in [2.75, 3.05) is 18.4 Å². The van der Waals surface area contributed by atoms with E-state index in [0.29, 0.717) is 5.92 Å². The number of rotatable bonds is 2. The maximum atomic E-state index is 12.0. The van der Waals surface area contributed by atoms with Gasteiger partial charge in [0.1, 0.15) is 0 Å². The van der Waals surface area contributed by atoms with E-state index < -0.39 is 0 Å². The molecule has 16 heavy (non-hydrogen) atoms. The Bertz CT molecular complexity index is 399. The first-order valence-electron chi connectivity index (χ1n) is 5.59. The Hall–Kier alpha value is -1.36. The molecule has 1 aromatic rings. The first kappa shape index (κ1) is 11.1. The molecule has 0 radical (unpaired) electrons. The molecule has 1 aliphatic rings. The molecule has 0 bridgehead atoms. The van der Waals surface area contributed by atoms with E-state index in [9.17, 15) is 4.79 Å². The highest BCUT2D eigenvalue weighted by Crippen LogP contribution is 2.19. The fourth-order valence-electron chi connectivity index (χ4n) is 2.11. The second-order valence-corrected chi connectivity index (χ2v) is 4.53. The van der Waals surface area contributed by atoms with Crippen LogP contribution < -0.4 is 10.6 Å². The third-order valence-corrected chi connectivity index (χ3v) is 3.13. The molecule has 1 aliphatic heterocycles. The molecule has 0 aromatic carbocycles. The molecule has 1 amide bonds. The highest BCUT2D eigenvalue weighted by atomic mass is 16.2. The van der Waals surface area contributed by atoms with Crippen LogP contribution in [-0.4, -0.2) is 28.8 Å². The molecular formula is C11H18N4O. The fourth-order valence-corrected chi connectivity index (χ4v) is 2.11. The van der Waals surface area contributed by atoms with Gasteiger partial charge in [0.2, 0.25) is 5.91 Å². The molecule has 88 valence electrons. The summed E-state index contributed by atoms with van der Waals surface area (Å²) in [6, 6.07) is 0.